The van der Waals surface area contributed by atoms with Crippen molar-refractivity contribution in [3.63, 3.8) is 0 Å². The summed E-state index contributed by atoms with van der Waals surface area (Å²) >= 11 is 0. The minimum Gasteiger partial charge on any atom is -0.488 e. The van der Waals surface area contributed by atoms with Crippen LogP contribution in [0.1, 0.15) is 18.1 Å². The van der Waals surface area contributed by atoms with Gasteiger partial charge in [0.1, 0.15) is 12.4 Å². The highest BCUT2D eigenvalue weighted by molar-refractivity contribution is 5.90. The predicted molar refractivity (Wildman–Crippen MR) is 102 cm³/mol. The number of carboxylic acid groups (broad SMARTS) is 1. The summed E-state index contributed by atoms with van der Waals surface area (Å²) < 4.78 is 11.1. The topological polar surface area (TPSA) is 68.1 Å². The van der Waals surface area contributed by atoms with Crippen LogP contribution in [-0.2, 0) is 16.0 Å². The molecule has 2 aromatic carbocycles. The summed E-state index contributed by atoms with van der Waals surface area (Å²) in [5, 5.41) is 9.16. The number of aliphatic carboxylic acids is 1. The largest absolute Gasteiger partial charge is 0.488 e. The van der Waals surface area contributed by atoms with E-state index >= 15 is 0 Å². The second-order valence-electron chi connectivity index (χ2n) is 5.60. The lowest BCUT2D eigenvalue weighted by molar-refractivity contribution is -0.149. The molecule has 1 unspecified atom stereocenters. The number of ether oxygens (including phenoxy) is 2. The van der Waals surface area contributed by atoms with E-state index in [0.29, 0.717) is 25.4 Å². The van der Waals surface area contributed by atoms with Crippen LogP contribution < -0.4 is 4.74 Å². The lowest BCUT2D eigenvalue weighted by atomic mass is 10.1. The van der Waals surface area contributed by atoms with E-state index in [2.05, 4.69) is 10.9 Å². The summed E-state index contributed by atoms with van der Waals surface area (Å²) in [6, 6.07) is 17.2. The predicted octanol–water partition coefficient (Wildman–Crippen LogP) is 3.48. The summed E-state index contributed by atoms with van der Waals surface area (Å²) in [6.07, 6.45) is -0.513. The SMILES string of the molecule is CCOC(Cc1ccc(OCC(=C=NC)c2ccccc2)cc1)C(=O)O. The first-order chi connectivity index (χ1) is 12.6. The Morgan fingerprint density at radius 3 is 2.42 bits per heavy atom. The average Bonchev–Trinajstić information content (AvgIpc) is 2.66. The van der Waals surface area contributed by atoms with Crippen molar-refractivity contribution in [3.05, 3.63) is 65.7 Å². The van der Waals surface area contributed by atoms with E-state index in [0.717, 1.165) is 16.7 Å². The molecule has 0 fully saturated rings. The van der Waals surface area contributed by atoms with Crippen LogP contribution in [0.3, 0.4) is 0 Å². The number of carboxylic acids is 1. The Balaban J connectivity index is 2.00. The van der Waals surface area contributed by atoms with Crippen LogP contribution in [0.4, 0.5) is 0 Å². The van der Waals surface area contributed by atoms with Crippen LogP contribution in [-0.4, -0.2) is 43.3 Å². The van der Waals surface area contributed by atoms with Gasteiger partial charge in [-0.25, -0.2) is 9.79 Å². The number of hydrogen-bond acceptors (Lipinski definition) is 4. The second-order valence-corrected chi connectivity index (χ2v) is 5.60. The quantitative estimate of drug-likeness (QED) is 0.701. The number of hydrogen-bond donors (Lipinski definition) is 1. The first kappa shape index (κ1) is 19.4. The van der Waals surface area contributed by atoms with Crippen molar-refractivity contribution in [2.24, 2.45) is 4.99 Å². The third-order valence-electron chi connectivity index (χ3n) is 3.74. The summed E-state index contributed by atoms with van der Waals surface area (Å²) in [5.41, 5.74) is 2.75. The number of carbonyl (C=O) groups is 1. The molecule has 0 saturated heterocycles. The van der Waals surface area contributed by atoms with Crippen molar-refractivity contribution in [3.8, 4) is 5.75 Å². The van der Waals surface area contributed by atoms with E-state index in [1.807, 2.05) is 54.6 Å². The highest BCUT2D eigenvalue weighted by Gasteiger charge is 2.17. The molecule has 5 heteroatoms. The maximum atomic E-state index is 11.2. The summed E-state index contributed by atoms with van der Waals surface area (Å²) in [6.45, 7) is 2.49. The highest BCUT2D eigenvalue weighted by Crippen LogP contribution is 2.17. The summed E-state index contributed by atoms with van der Waals surface area (Å²) in [4.78, 5) is 15.1. The number of benzene rings is 2. The molecule has 2 rings (SSSR count). The fraction of sp³-hybridized carbons (Fsp3) is 0.286. The zero-order valence-corrected chi connectivity index (χ0v) is 15.0. The van der Waals surface area contributed by atoms with Crippen LogP contribution in [0.5, 0.6) is 5.75 Å². The monoisotopic (exact) mass is 353 g/mol. The summed E-state index contributed by atoms with van der Waals surface area (Å²) in [5.74, 6) is 2.71. The molecule has 26 heavy (non-hydrogen) atoms. The Kier molecular flexibility index (Phi) is 7.62. The number of rotatable bonds is 9. The van der Waals surface area contributed by atoms with E-state index in [-0.39, 0.29) is 0 Å². The first-order valence-electron chi connectivity index (χ1n) is 8.46. The van der Waals surface area contributed by atoms with Crippen molar-refractivity contribution >= 4 is 17.4 Å². The fourth-order valence-electron chi connectivity index (χ4n) is 2.46. The van der Waals surface area contributed by atoms with Crippen molar-refractivity contribution in [2.75, 3.05) is 20.3 Å². The van der Waals surface area contributed by atoms with Gasteiger partial charge in [0.15, 0.2) is 6.10 Å². The third kappa shape index (κ3) is 5.88. The van der Waals surface area contributed by atoms with Gasteiger partial charge in [0.2, 0.25) is 0 Å². The van der Waals surface area contributed by atoms with Gasteiger partial charge in [0.05, 0.1) is 5.57 Å². The minimum atomic E-state index is -0.955. The van der Waals surface area contributed by atoms with Crippen molar-refractivity contribution < 1.29 is 19.4 Å². The van der Waals surface area contributed by atoms with Gasteiger partial charge < -0.3 is 14.6 Å². The number of nitrogens with zero attached hydrogens (tertiary/aromatic N) is 1. The molecule has 0 radical (unpaired) electrons. The molecule has 0 aliphatic heterocycles. The molecule has 0 aromatic heterocycles. The Bertz CT molecular complexity index is 762. The van der Waals surface area contributed by atoms with Crippen molar-refractivity contribution in [1.29, 1.82) is 0 Å². The van der Waals surface area contributed by atoms with Gasteiger partial charge in [-0.15, -0.1) is 0 Å². The zero-order valence-electron chi connectivity index (χ0n) is 15.0. The molecule has 0 heterocycles. The highest BCUT2D eigenvalue weighted by atomic mass is 16.5. The second kappa shape index (κ2) is 10.2. The zero-order chi connectivity index (χ0) is 18.8. The van der Waals surface area contributed by atoms with Crippen LogP contribution >= 0.6 is 0 Å². The molecule has 5 nitrogen and oxygen atoms in total. The Morgan fingerprint density at radius 2 is 1.85 bits per heavy atom. The maximum absolute atomic E-state index is 11.2. The summed E-state index contributed by atoms with van der Waals surface area (Å²) in [7, 11) is 1.68. The molecule has 2 aromatic rings. The van der Waals surface area contributed by atoms with Gasteiger partial charge in [0, 0.05) is 20.1 Å². The molecule has 1 N–H and O–H groups in total. The third-order valence-corrected chi connectivity index (χ3v) is 3.74. The average molecular weight is 353 g/mol. The molecule has 1 atom stereocenters. The van der Waals surface area contributed by atoms with E-state index in [1.54, 1.807) is 14.0 Å². The standard InChI is InChI=1S/C21H23NO4/c1-3-25-20(21(23)24)13-16-9-11-19(12-10-16)26-15-18(14-22-2)17-7-5-4-6-8-17/h4-12,20H,3,13,15H2,1-2H3,(H,23,24). The van der Waals surface area contributed by atoms with Crippen LogP contribution in [0, 0.1) is 0 Å². The van der Waals surface area contributed by atoms with Crippen LogP contribution in [0.25, 0.3) is 5.57 Å². The van der Waals surface area contributed by atoms with Gasteiger partial charge in [-0.1, -0.05) is 42.5 Å². The van der Waals surface area contributed by atoms with Crippen molar-refractivity contribution in [1.82, 2.24) is 0 Å². The molecule has 0 aliphatic rings. The normalized spacial score (nSPS) is 11.3. The molecule has 0 amide bonds. The molecule has 0 bridgehead atoms. The van der Waals surface area contributed by atoms with Gasteiger partial charge in [-0.2, -0.15) is 0 Å². The maximum Gasteiger partial charge on any atom is 0.333 e. The Hall–Kier alpha value is -2.88. The van der Waals surface area contributed by atoms with E-state index in [4.69, 9.17) is 14.6 Å². The molecular formula is C21H23NO4. The van der Waals surface area contributed by atoms with Crippen LogP contribution in [0.15, 0.2) is 59.6 Å². The van der Waals surface area contributed by atoms with E-state index < -0.39 is 12.1 Å². The molecule has 0 spiro atoms. The van der Waals surface area contributed by atoms with Crippen molar-refractivity contribution in [2.45, 2.75) is 19.4 Å². The molecule has 0 aliphatic carbocycles. The number of aliphatic imine (C=N–C) groups is 1. The molecular weight excluding hydrogens is 330 g/mol. The van der Waals surface area contributed by atoms with Crippen LogP contribution in [0.2, 0.25) is 0 Å². The first-order valence-corrected chi connectivity index (χ1v) is 8.46. The lowest BCUT2D eigenvalue weighted by Crippen LogP contribution is -2.26. The fourth-order valence-corrected chi connectivity index (χ4v) is 2.46. The van der Waals surface area contributed by atoms with Gasteiger partial charge in [-0.05, 0) is 36.1 Å². The Labute approximate surface area is 153 Å². The van der Waals surface area contributed by atoms with Gasteiger partial charge in [0.25, 0.3) is 0 Å². The van der Waals surface area contributed by atoms with Gasteiger partial charge in [-0.3, -0.25) is 0 Å². The smallest absolute Gasteiger partial charge is 0.333 e. The van der Waals surface area contributed by atoms with E-state index in [9.17, 15) is 4.79 Å². The Morgan fingerprint density at radius 1 is 1.15 bits per heavy atom. The lowest BCUT2D eigenvalue weighted by Gasteiger charge is -2.13. The molecule has 136 valence electrons. The molecule has 0 saturated carbocycles. The minimum absolute atomic E-state index is 0.321. The van der Waals surface area contributed by atoms with Gasteiger partial charge >= 0.3 is 5.97 Å². The van der Waals surface area contributed by atoms with E-state index in [1.165, 1.54) is 0 Å².